The Morgan fingerprint density at radius 2 is 2.14 bits per heavy atom. The molecule has 1 aliphatic rings. The summed E-state index contributed by atoms with van der Waals surface area (Å²) in [4.78, 5) is 0. The Kier molecular flexibility index (Phi) is 3.78. The molecule has 0 radical (unpaired) electrons. The Morgan fingerprint density at radius 1 is 1.38 bits per heavy atom. The summed E-state index contributed by atoms with van der Waals surface area (Å²) in [6, 6.07) is 8.34. The Hall–Kier alpha value is -1.35. The van der Waals surface area contributed by atoms with Crippen LogP contribution in [0, 0.1) is 11.3 Å². The molecule has 1 heterocycles. The average Bonchev–Trinajstić information content (AvgIpc) is 2.99. The zero-order valence-electron chi connectivity index (χ0n) is 13.3. The van der Waals surface area contributed by atoms with Gasteiger partial charge in [0.25, 0.3) is 0 Å². The van der Waals surface area contributed by atoms with E-state index in [0.29, 0.717) is 12.3 Å². The summed E-state index contributed by atoms with van der Waals surface area (Å²) >= 11 is 0. The van der Waals surface area contributed by atoms with E-state index in [1.165, 1.54) is 23.7 Å². The summed E-state index contributed by atoms with van der Waals surface area (Å²) in [5, 5.41) is 16.6. The summed E-state index contributed by atoms with van der Waals surface area (Å²) in [7, 11) is 0. The van der Waals surface area contributed by atoms with Crippen LogP contribution in [0.2, 0.25) is 0 Å². The molecule has 0 aliphatic heterocycles. The highest BCUT2D eigenvalue weighted by molar-refractivity contribution is 5.82. The van der Waals surface area contributed by atoms with Crippen molar-refractivity contribution < 1.29 is 5.11 Å². The zero-order valence-corrected chi connectivity index (χ0v) is 13.3. The molecule has 2 aromatic rings. The fourth-order valence-electron chi connectivity index (χ4n) is 4.00. The Morgan fingerprint density at radius 3 is 2.81 bits per heavy atom. The van der Waals surface area contributed by atoms with Crippen LogP contribution in [0.15, 0.2) is 24.3 Å². The van der Waals surface area contributed by atoms with Gasteiger partial charge in [-0.15, -0.1) is 0 Å². The fourth-order valence-corrected chi connectivity index (χ4v) is 4.00. The van der Waals surface area contributed by atoms with E-state index in [9.17, 15) is 5.11 Å². The number of benzene rings is 1. The molecule has 0 amide bonds. The first-order valence-electron chi connectivity index (χ1n) is 8.15. The van der Waals surface area contributed by atoms with E-state index < -0.39 is 0 Å². The molecule has 2 atom stereocenters. The van der Waals surface area contributed by atoms with Gasteiger partial charge in [0.15, 0.2) is 0 Å². The van der Waals surface area contributed by atoms with E-state index in [-0.39, 0.29) is 11.5 Å². The minimum Gasteiger partial charge on any atom is -0.392 e. The topological polar surface area (TPSA) is 38.0 Å². The van der Waals surface area contributed by atoms with Crippen LogP contribution >= 0.6 is 0 Å². The molecule has 3 rings (SSSR count). The summed E-state index contributed by atoms with van der Waals surface area (Å²) in [6.45, 7) is 7.55. The monoisotopic (exact) mass is 286 g/mol. The van der Waals surface area contributed by atoms with Crippen molar-refractivity contribution in [3.05, 3.63) is 30.0 Å². The highest BCUT2D eigenvalue weighted by atomic mass is 16.3. The van der Waals surface area contributed by atoms with Crippen molar-refractivity contribution >= 4 is 10.9 Å². The second-order valence-corrected chi connectivity index (χ2v) is 7.04. The second-order valence-electron chi connectivity index (χ2n) is 7.04. The number of hydrogen-bond acceptors (Lipinski definition) is 2. The molecule has 3 heteroatoms. The molecule has 1 saturated carbocycles. The molecular weight excluding hydrogens is 260 g/mol. The number of fused-ring (bicyclic) bond motifs is 1. The van der Waals surface area contributed by atoms with Crippen LogP contribution in [0.4, 0.5) is 0 Å². The van der Waals surface area contributed by atoms with E-state index in [1.807, 2.05) is 4.68 Å². The summed E-state index contributed by atoms with van der Waals surface area (Å²) in [5.74, 6) is 0.392. The number of aromatic nitrogens is 2. The highest BCUT2D eigenvalue weighted by Gasteiger charge is 2.39. The second kappa shape index (κ2) is 5.45. The molecule has 3 nitrogen and oxygen atoms in total. The summed E-state index contributed by atoms with van der Waals surface area (Å²) in [6.07, 6.45) is 3.98. The lowest BCUT2D eigenvalue weighted by atomic mass is 9.77. The van der Waals surface area contributed by atoms with Gasteiger partial charge in [-0.05, 0) is 37.2 Å². The number of hydrogen-bond donors (Lipinski definition) is 1. The van der Waals surface area contributed by atoms with Gasteiger partial charge in [0.1, 0.15) is 0 Å². The molecule has 0 bridgehead atoms. The van der Waals surface area contributed by atoms with Crippen LogP contribution in [-0.2, 0) is 13.0 Å². The predicted molar refractivity (Wildman–Crippen MR) is 86.2 cm³/mol. The normalized spacial score (nSPS) is 22.8. The van der Waals surface area contributed by atoms with Crippen LogP contribution in [-0.4, -0.2) is 21.0 Å². The number of nitrogens with zero attached hydrogens (tertiary/aromatic N) is 2. The number of aliphatic hydroxyl groups is 1. The van der Waals surface area contributed by atoms with Gasteiger partial charge in [-0.1, -0.05) is 38.5 Å². The van der Waals surface area contributed by atoms with Crippen molar-refractivity contribution in [3.8, 4) is 0 Å². The first-order valence-corrected chi connectivity index (χ1v) is 8.15. The molecule has 1 aliphatic carbocycles. The predicted octanol–water partition coefficient (Wildman–Crippen LogP) is 3.79. The van der Waals surface area contributed by atoms with Crippen molar-refractivity contribution in [2.45, 2.75) is 59.1 Å². The first-order chi connectivity index (χ1) is 10.0. The van der Waals surface area contributed by atoms with Crippen molar-refractivity contribution in [2.24, 2.45) is 11.3 Å². The Balaban J connectivity index is 1.88. The SMILES string of the molecule is CCn1nc(CC(O)C2CCCC2(C)C)c2ccccc21. The fraction of sp³-hybridized carbons (Fsp3) is 0.611. The van der Waals surface area contributed by atoms with Crippen LogP contribution in [0.5, 0.6) is 0 Å². The first kappa shape index (κ1) is 14.6. The van der Waals surface area contributed by atoms with Crippen LogP contribution in [0.3, 0.4) is 0 Å². The molecule has 1 N–H and O–H groups in total. The quantitative estimate of drug-likeness (QED) is 0.928. The van der Waals surface area contributed by atoms with Crippen LogP contribution in [0.1, 0.15) is 45.7 Å². The van der Waals surface area contributed by atoms with Gasteiger partial charge in [-0.2, -0.15) is 5.10 Å². The van der Waals surface area contributed by atoms with E-state index in [2.05, 4.69) is 45.0 Å². The molecule has 21 heavy (non-hydrogen) atoms. The van der Waals surface area contributed by atoms with Crippen LogP contribution in [0.25, 0.3) is 10.9 Å². The van der Waals surface area contributed by atoms with Crippen molar-refractivity contribution in [1.82, 2.24) is 9.78 Å². The van der Waals surface area contributed by atoms with E-state index in [4.69, 9.17) is 5.10 Å². The van der Waals surface area contributed by atoms with Gasteiger partial charge in [-0.3, -0.25) is 4.68 Å². The van der Waals surface area contributed by atoms with E-state index >= 15 is 0 Å². The molecule has 114 valence electrons. The summed E-state index contributed by atoms with van der Waals surface area (Å²) < 4.78 is 2.04. The third-order valence-electron chi connectivity index (χ3n) is 5.24. The lowest BCUT2D eigenvalue weighted by Gasteiger charge is -2.30. The number of aliphatic hydroxyl groups excluding tert-OH is 1. The zero-order chi connectivity index (χ0) is 15.0. The van der Waals surface area contributed by atoms with Crippen molar-refractivity contribution in [2.75, 3.05) is 0 Å². The third kappa shape index (κ3) is 2.59. The lowest BCUT2D eigenvalue weighted by Crippen LogP contribution is -2.31. The number of aryl methyl sites for hydroxylation is 1. The van der Waals surface area contributed by atoms with E-state index in [1.54, 1.807) is 0 Å². The Bertz CT molecular complexity index is 629. The maximum atomic E-state index is 10.7. The number of para-hydroxylation sites is 1. The van der Waals surface area contributed by atoms with Gasteiger partial charge >= 0.3 is 0 Å². The maximum Gasteiger partial charge on any atom is 0.0729 e. The highest BCUT2D eigenvalue weighted by Crippen LogP contribution is 2.45. The molecule has 1 aromatic carbocycles. The summed E-state index contributed by atoms with van der Waals surface area (Å²) in [5.41, 5.74) is 2.47. The molecule has 0 spiro atoms. The van der Waals surface area contributed by atoms with Gasteiger partial charge in [0, 0.05) is 18.4 Å². The standard InChI is InChI=1S/C18H26N2O/c1-4-20-16-10-6-5-8-13(16)15(19-20)12-17(21)14-9-7-11-18(14,2)3/h5-6,8,10,14,17,21H,4,7,9,11-12H2,1-3H3. The number of rotatable bonds is 4. The van der Waals surface area contributed by atoms with Crippen molar-refractivity contribution in [3.63, 3.8) is 0 Å². The van der Waals surface area contributed by atoms with E-state index in [0.717, 1.165) is 18.7 Å². The lowest BCUT2D eigenvalue weighted by molar-refractivity contribution is 0.0537. The Labute approximate surface area is 127 Å². The minimum absolute atomic E-state index is 0.253. The molecule has 2 unspecified atom stereocenters. The minimum atomic E-state index is -0.286. The van der Waals surface area contributed by atoms with Gasteiger partial charge < -0.3 is 5.11 Å². The smallest absolute Gasteiger partial charge is 0.0729 e. The van der Waals surface area contributed by atoms with Gasteiger partial charge in [-0.25, -0.2) is 0 Å². The molecule has 1 aromatic heterocycles. The maximum absolute atomic E-state index is 10.7. The van der Waals surface area contributed by atoms with Gasteiger partial charge in [0.05, 0.1) is 17.3 Å². The molecule has 0 saturated heterocycles. The molecular formula is C18H26N2O. The van der Waals surface area contributed by atoms with Crippen LogP contribution < -0.4 is 0 Å². The average molecular weight is 286 g/mol. The van der Waals surface area contributed by atoms with Gasteiger partial charge in [0.2, 0.25) is 0 Å². The van der Waals surface area contributed by atoms with Crippen molar-refractivity contribution in [1.29, 1.82) is 0 Å². The largest absolute Gasteiger partial charge is 0.392 e. The third-order valence-corrected chi connectivity index (χ3v) is 5.24. The molecule has 1 fully saturated rings.